The van der Waals surface area contributed by atoms with E-state index in [2.05, 4.69) is 62.9 Å². The standard InChI is InChI=1S/C26H34N2O2/c1-18(2)26(29)30-25-14-13-22(17-27)15-23(25)11-7-9-21-10-8-12-24(16-21)28(19(3)4)20(5)6/h8,10,12-16,18-20H,7,9,11H2,1-6H3. The molecule has 160 valence electrons. The van der Waals surface area contributed by atoms with Crippen molar-refractivity contribution in [2.24, 2.45) is 5.92 Å². The second kappa shape index (κ2) is 10.8. The molecule has 2 aromatic rings. The highest BCUT2D eigenvalue weighted by Crippen LogP contribution is 2.25. The second-order valence-corrected chi connectivity index (χ2v) is 8.63. The molecule has 0 bridgehead atoms. The zero-order chi connectivity index (χ0) is 22.3. The third-order valence-corrected chi connectivity index (χ3v) is 5.10. The summed E-state index contributed by atoms with van der Waals surface area (Å²) in [5, 5.41) is 9.24. The number of carbonyl (C=O) groups is 1. The Balaban J connectivity index is 2.12. The summed E-state index contributed by atoms with van der Waals surface area (Å²) in [6, 6.07) is 17.0. The van der Waals surface area contributed by atoms with Crippen molar-refractivity contribution in [3.63, 3.8) is 0 Å². The van der Waals surface area contributed by atoms with Gasteiger partial charge in [-0.15, -0.1) is 0 Å². The summed E-state index contributed by atoms with van der Waals surface area (Å²) in [6.07, 6.45) is 2.58. The van der Waals surface area contributed by atoms with Crippen molar-refractivity contribution in [1.82, 2.24) is 0 Å². The molecule has 0 atom stereocenters. The van der Waals surface area contributed by atoms with Crippen LogP contribution in [0.15, 0.2) is 42.5 Å². The fourth-order valence-corrected chi connectivity index (χ4v) is 3.72. The Morgan fingerprint density at radius 1 is 1.00 bits per heavy atom. The minimum absolute atomic E-state index is 0.193. The molecular weight excluding hydrogens is 372 g/mol. The van der Waals surface area contributed by atoms with Crippen LogP contribution in [-0.2, 0) is 17.6 Å². The van der Waals surface area contributed by atoms with Crippen molar-refractivity contribution in [3.05, 3.63) is 59.2 Å². The number of rotatable bonds is 9. The Kier molecular flexibility index (Phi) is 8.47. The lowest BCUT2D eigenvalue weighted by atomic mass is 10.0. The predicted octanol–water partition coefficient (Wildman–Crippen LogP) is 5.92. The fourth-order valence-electron chi connectivity index (χ4n) is 3.72. The zero-order valence-corrected chi connectivity index (χ0v) is 19.1. The van der Waals surface area contributed by atoms with Crippen LogP contribution in [0.5, 0.6) is 5.75 Å². The number of carbonyl (C=O) groups excluding carboxylic acids is 1. The first-order valence-electron chi connectivity index (χ1n) is 10.8. The summed E-state index contributed by atoms with van der Waals surface area (Å²) in [7, 11) is 0. The Hall–Kier alpha value is -2.80. The van der Waals surface area contributed by atoms with E-state index < -0.39 is 0 Å². The Bertz CT molecular complexity index is 886. The van der Waals surface area contributed by atoms with Crippen LogP contribution in [0.1, 0.15) is 64.7 Å². The second-order valence-electron chi connectivity index (χ2n) is 8.63. The SMILES string of the molecule is CC(C)C(=O)Oc1ccc(C#N)cc1CCCc1cccc(N(C(C)C)C(C)C)c1. The average Bonchev–Trinajstić information content (AvgIpc) is 2.68. The molecule has 0 heterocycles. The van der Waals surface area contributed by atoms with E-state index in [0.29, 0.717) is 23.4 Å². The third-order valence-electron chi connectivity index (χ3n) is 5.10. The monoisotopic (exact) mass is 406 g/mol. The van der Waals surface area contributed by atoms with Crippen molar-refractivity contribution in [2.45, 2.75) is 72.9 Å². The van der Waals surface area contributed by atoms with Crippen LogP contribution < -0.4 is 9.64 Å². The van der Waals surface area contributed by atoms with Gasteiger partial charge in [-0.05, 0) is 88.4 Å². The summed E-state index contributed by atoms with van der Waals surface area (Å²) in [6.45, 7) is 12.5. The van der Waals surface area contributed by atoms with Crippen LogP contribution in [0, 0.1) is 17.2 Å². The van der Waals surface area contributed by atoms with Gasteiger partial charge in [0.15, 0.2) is 0 Å². The van der Waals surface area contributed by atoms with E-state index in [-0.39, 0.29) is 11.9 Å². The summed E-state index contributed by atoms with van der Waals surface area (Å²) >= 11 is 0. The minimum atomic E-state index is -0.254. The van der Waals surface area contributed by atoms with Gasteiger partial charge in [-0.25, -0.2) is 0 Å². The Morgan fingerprint density at radius 3 is 2.30 bits per heavy atom. The quantitative estimate of drug-likeness (QED) is 0.383. The number of nitrogens with zero attached hydrogens (tertiary/aromatic N) is 2. The maximum atomic E-state index is 12.0. The predicted molar refractivity (Wildman–Crippen MR) is 123 cm³/mol. The van der Waals surface area contributed by atoms with Gasteiger partial charge in [0, 0.05) is 17.8 Å². The van der Waals surface area contributed by atoms with Crippen molar-refractivity contribution in [2.75, 3.05) is 4.90 Å². The molecule has 0 spiro atoms. The lowest BCUT2D eigenvalue weighted by Gasteiger charge is -2.33. The van der Waals surface area contributed by atoms with Crippen molar-refractivity contribution < 1.29 is 9.53 Å². The van der Waals surface area contributed by atoms with Crippen LogP contribution in [0.3, 0.4) is 0 Å². The molecule has 0 aliphatic heterocycles. The van der Waals surface area contributed by atoms with Crippen molar-refractivity contribution in [3.8, 4) is 11.8 Å². The van der Waals surface area contributed by atoms with Gasteiger partial charge in [0.25, 0.3) is 0 Å². The summed E-state index contributed by atoms with van der Waals surface area (Å²) < 4.78 is 5.56. The average molecular weight is 407 g/mol. The summed E-state index contributed by atoms with van der Waals surface area (Å²) in [4.78, 5) is 14.5. The molecule has 0 saturated heterocycles. The van der Waals surface area contributed by atoms with Crippen LogP contribution >= 0.6 is 0 Å². The molecule has 0 fully saturated rings. The first kappa shape index (κ1) is 23.5. The van der Waals surface area contributed by atoms with E-state index >= 15 is 0 Å². The molecule has 0 unspecified atom stereocenters. The normalized spacial score (nSPS) is 11.1. The van der Waals surface area contributed by atoms with Crippen molar-refractivity contribution in [1.29, 1.82) is 5.26 Å². The molecule has 0 N–H and O–H groups in total. The summed E-state index contributed by atoms with van der Waals surface area (Å²) in [5.41, 5.74) is 4.03. The first-order valence-corrected chi connectivity index (χ1v) is 10.8. The molecule has 0 amide bonds. The first-order chi connectivity index (χ1) is 14.2. The van der Waals surface area contributed by atoms with Gasteiger partial charge in [0.2, 0.25) is 0 Å². The lowest BCUT2D eigenvalue weighted by molar-refractivity contribution is -0.137. The number of esters is 1. The van der Waals surface area contributed by atoms with Gasteiger partial charge in [-0.1, -0.05) is 26.0 Å². The van der Waals surface area contributed by atoms with Crippen molar-refractivity contribution >= 4 is 11.7 Å². The number of benzene rings is 2. The largest absolute Gasteiger partial charge is 0.426 e. The van der Waals surface area contributed by atoms with Crippen LogP contribution in [0.4, 0.5) is 5.69 Å². The van der Waals surface area contributed by atoms with Gasteiger partial charge < -0.3 is 9.64 Å². The number of aryl methyl sites for hydroxylation is 2. The molecule has 4 nitrogen and oxygen atoms in total. The fraction of sp³-hybridized carbons (Fsp3) is 0.462. The molecule has 0 saturated carbocycles. The maximum absolute atomic E-state index is 12.0. The molecule has 2 aromatic carbocycles. The van der Waals surface area contributed by atoms with Gasteiger partial charge >= 0.3 is 5.97 Å². The van der Waals surface area contributed by atoms with Gasteiger partial charge in [0.05, 0.1) is 17.6 Å². The number of hydrogen-bond acceptors (Lipinski definition) is 4. The van der Waals surface area contributed by atoms with Gasteiger partial charge in [-0.2, -0.15) is 5.26 Å². The Morgan fingerprint density at radius 2 is 1.70 bits per heavy atom. The number of nitriles is 1. The molecule has 0 aliphatic rings. The number of hydrogen-bond donors (Lipinski definition) is 0. The molecule has 0 aromatic heterocycles. The molecule has 2 rings (SSSR count). The van der Waals surface area contributed by atoms with E-state index in [0.717, 1.165) is 24.8 Å². The number of anilines is 1. The van der Waals surface area contributed by atoms with E-state index in [1.165, 1.54) is 11.3 Å². The van der Waals surface area contributed by atoms with Crippen LogP contribution in [-0.4, -0.2) is 18.1 Å². The van der Waals surface area contributed by atoms with E-state index in [1.807, 2.05) is 19.9 Å². The zero-order valence-electron chi connectivity index (χ0n) is 19.1. The topological polar surface area (TPSA) is 53.3 Å². The molecule has 4 heteroatoms. The highest BCUT2D eigenvalue weighted by molar-refractivity contribution is 5.74. The molecular formula is C26H34N2O2. The van der Waals surface area contributed by atoms with Gasteiger partial charge in [-0.3, -0.25) is 4.79 Å². The lowest BCUT2D eigenvalue weighted by Crippen LogP contribution is -2.36. The molecule has 0 radical (unpaired) electrons. The highest BCUT2D eigenvalue weighted by Gasteiger charge is 2.15. The van der Waals surface area contributed by atoms with E-state index in [4.69, 9.17) is 4.74 Å². The Labute approximate surface area is 181 Å². The number of ether oxygens (including phenoxy) is 1. The van der Waals surface area contributed by atoms with Crippen LogP contribution in [0.25, 0.3) is 0 Å². The maximum Gasteiger partial charge on any atom is 0.313 e. The molecule has 30 heavy (non-hydrogen) atoms. The van der Waals surface area contributed by atoms with Gasteiger partial charge in [0.1, 0.15) is 5.75 Å². The smallest absolute Gasteiger partial charge is 0.313 e. The minimum Gasteiger partial charge on any atom is -0.426 e. The highest BCUT2D eigenvalue weighted by atomic mass is 16.5. The van der Waals surface area contributed by atoms with E-state index in [9.17, 15) is 10.1 Å². The molecule has 0 aliphatic carbocycles. The summed E-state index contributed by atoms with van der Waals surface area (Å²) in [5.74, 6) is 0.115. The van der Waals surface area contributed by atoms with Crippen LogP contribution in [0.2, 0.25) is 0 Å². The third kappa shape index (κ3) is 6.35. The van der Waals surface area contributed by atoms with E-state index in [1.54, 1.807) is 12.1 Å².